The highest BCUT2D eigenvalue weighted by Crippen LogP contribution is 2.47. The van der Waals surface area contributed by atoms with Crippen LogP contribution < -0.4 is 5.73 Å². The average Bonchev–Trinajstić information content (AvgIpc) is 2.66. The predicted molar refractivity (Wildman–Crippen MR) is 100 cm³/mol. The molecule has 1 unspecified atom stereocenters. The first-order valence-electron chi connectivity index (χ1n) is 8.74. The zero-order valence-corrected chi connectivity index (χ0v) is 14.8. The number of allylic oxidation sites excluding steroid dienone is 2. The number of fused-ring (bicyclic) bond motifs is 2. The van der Waals surface area contributed by atoms with E-state index in [0.29, 0.717) is 11.1 Å². The highest BCUT2D eigenvalue weighted by Gasteiger charge is 2.35. The maximum Gasteiger partial charge on any atom is 0.335 e. The summed E-state index contributed by atoms with van der Waals surface area (Å²) in [5, 5.41) is 19.0. The van der Waals surface area contributed by atoms with Crippen molar-refractivity contribution in [1.82, 2.24) is 0 Å². The number of benzene rings is 2. The Morgan fingerprint density at radius 3 is 2.74 bits per heavy atom. The van der Waals surface area contributed by atoms with Gasteiger partial charge in [-0.1, -0.05) is 36.4 Å². The molecule has 4 rings (SSSR count). The van der Waals surface area contributed by atoms with E-state index in [1.165, 1.54) is 5.56 Å². The molecule has 5 nitrogen and oxygen atoms in total. The average molecular weight is 358 g/mol. The molecule has 2 aromatic carbocycles. The van der Waals surface area contributed by atoms with Crippen LogP contribution in [-0.2, 0) is 11.2 Å². The molecule has 0 saturated heterocycles. The van der Waals surface area contributed by atoms with Crippen molar-refractivity contribution in [3.63, 3.8) is 0 Å². The Morgan fingerprint density at radius 2 is 2.04 bits per heavy atom. The smallest absolute Gasteiger partial charge is 0.335 e. The number of nitrogens with zero attached hydrogens (tertiary/aromatic N) is 1. The molecule has 3 N–H and O–H groups in total. The van der Waals surface area contributed by atoms with Crippen LogP contribution in [0.3, 0.4) is 0 Å². The van der Waals surface area contributed by atoms with E-state index in [1.807, 2.05) is 24.3 Å². The molecule has 1 aliphatic heterocycles. The summed E-state index contributed by atoms with van der Waals surface area (Å²) >= 11 is 0. The molecule has 0 fully saturated rings. The molecule has 0 bridgehead atoms. The van der Waals surface area contributed by atoms with E-state index in [9.17, 15) is 15.2 Å². The summed E-state index contributed by atoms with van der Waals surface area (Å²) in [7, 11) is 0. The first-order valence-corrected chi connectivity index (χ1v) is 8.74. The summed E-state index contributed by atoms with van der Waals surface area (Å²) in [5.41, 5.74) is 11.4. The quantitative estimate of drug-likeness (QED) is 0.850. The van der Waals surface area contributed by atoms with Gasteiger partial charge in [0.25, 0.3) is 0 Å². The fourth-order valence-electron chi connectivity index (χ4n) is 3.99. The Kier molecular flexibility index (Phi) is 3.97. The molecule has 0 aromatic heterocycles. The first kappa shape index (κ1) is 16.9. The molecule has 2 aliphatic rings. The van der Waals surface area contributed by atoms with Crippen LogP contribution in [0.4, 0.5) is 0 Å². The van der Waals surface area contributed by atoms with Crippen molar-refractivity contribution in [3.8, 4) is 6.07 Å². The lowest BCUT2D eigenvalue weighted by Crippen LogP contribution is -2.23. The van der Waals surface area contributed by atoms with Crippen LogP contribution >= 0.6 is 0 Å². The van der Waals surface area contributed by atoms with Crippen molar-refractivity contribution in [2.45, 2.75) is 25.7 Å². The molecule has 1 aliphatic carbocycles. The molecule has 5 heteroatoms. The highest BCUT2D eigenvalue weighted by molar-refractivity contribution is 5.89. The van der Waals surface area contributed by atoms with E-state index in [-0.39, 0.29) is 17.4 Å². The number of hydrogen-bond donors (Lipinski definition) is 2. The minimum Gasteiger partial charge on any atom is -0.478 e. The lowest BCUT2D eigenvalue weighted by molar-refractivity contribution is 0.0696. The van der Waals surface area contributed by atoms with E-state index in [2.05, 4.69) is 12.1 Å². The number of hydrogen-bond acceptors (Lipinski definition) is 4. The van der Waals surface area contributed by atoms with Crippen LogP contribution in [0.15, 0.2) is 59.5 Å². The molecule has 1 heterocycles. The van der Waals surface area contributed by atoms with Crippen LogP contribution in [0, 0.1) is 18.3 Å². The van der Waals surface area contributed by atoms with Crippen LogP contribution in [0.2, 0.25) is 0 Å². The summed E-state index contributed by atoms with van der Waals surface area (Å²) in [6.45, 7) is 1.76. The number of carboxylic acids is 1. The van der Waals surface area contributed by atoms with Gasteiger partial charge in [0, 0.05) is 11.5 Å². The van der Waals surface area contributed by atoms with Crippen LogP contribution in [0.1, 0.15) is 45.0 Å². The third-order valence-electron chi connectivity index (χ3n) is 5.27. The molecular formula is C22H18N2O3. The molecule has 0 amide bonds. The second kappa shape index (κ2) is 6.33. The van der Waals surface area contributed by atoms with Gasteiger partial charge in [0.1, 0.15) is 17.4 Å². The van der Waals surface area contributed by atoms with Gasteiger partial charge >= 0.3 is 5.97 Å². The van der Waals surface area contributed by atoms with E-state index < -0.39 is 5.97 Å². The van der Waals surface area contributed by atoms with Gasteiger partial charge in [0.05, 0.1) is 5.56 Å². The van der Waals surface area contributed by atoms with Crippen molar-refractivity contribution in [3.05, 3.63) is 87.3 Å². The monoisotopic (exact) mass is 358 g/mol. The number of aromatic carboxylic acids is 1. The minimum atomic E-state index is -0.965. The largest absolute Gasteiger partial charge is 0.478 e. The standard InChI is InChI=1S/C22H18N2O3/c1-12-10-14(7-8-15(12)22(25)26)19-17-9-6-13-4-2-3-5-16(13)20(17)27-21(24)18(19)11-23/h2-5,7-8,10,19H,6,9,24H2,1H3,(H,25,26). The van der Waals surface area contributed by atoms with E-state index in [1.54, 1.807) is 19.1 Å². The van der Waals surface area contributed by atoms with Crippen LogP contribution in [0.5, 0.6) is 0 Å². The number of rotatable bonds is 2. The summed E-state index contributed by atoms with van der Waals surface area (Å²) < 4.78 is 5.88. The van der Waals surface area contributed by atoms with Crippen molar-refractivity contribution in [2.75, 3.05) is 0 Å². The first-order chi connectivity index (χ1) is 13.0. The van der Waals surface area contributed by atoms with Crippen molar-refractivity contribution in [1.29, 1.82) is 5.26 Å². The number of ether oxygens (including phenoxy) is 1. The van der Waals surface area contributed by atoms with Crippen molar-refractivity contribution in [2.24, 2.45) is 5.73 Å². The lowest BCUT2D eigenvalue weighted by Gasteiger charge is -2.33. The summed E-state index contributed by atoms with van der Waals surface area (Å²) in [6, 6.07) is 15.4. The molecule has 134 valence electrons. The second-order valence-electron chi connectivity index (χ2n) is 6.82. The number of carbonyl (C=O) groups is 1. The van der Waals surface area contributed by atoms with Gasteiger partial charge in [-0.3, -0.25) is 0 Å². The third kappa shape index (κ3) is 2.67. The van der Waals surface area contributed by atoms with E-state index >= 15 is 0 Å². The van der Waals surface area contributed by atoms with Gasteiger partial charge in [0.2, 0.25) is 5.88 Å². The van der Waals surface area contributed by atoms with Crippen molar-refractivity contribution < 1.29 is 14.6 Å². The Labute approximate surface area is 157 Å². The SMILES string of the molecule is Cc1cc(C2C(C#N)=C(N)OC3=C2CCc2ccccc23)ccc1C(=O)O. The Balaban J connectivity index is 1.90. The fourth-order valence-corrected chi connectivity index (χ4v) is 3.99. The van der Waals surface area contributed by atoms with Crippen molar-refractivity contribution >= 4 is 11.7 Å². The predicted octanol–water partition coefficient (Wildman–Crippen LogP) is 3.86. The van der Waals surface area contributed by atoms with Crippen LogP contribution in [-0.4, -0.2) is 11.1 Å². The molecule has 2 aromatic rings. The number of nitrogens with two attached hydrogens (primary N) is 1. The van der Waals surface area contributed by atoms with E-state index in [4.69, 9.17) is 10.5 Å². The summed E-state index contributed by atoms with van der Waals surface area (Å²) in [6.07, 6.45) is 1.62. The Hall–Kier alpha value is -3.52. The molecular weight excluding hydrogens is 340 g/mol. The molecule has 0 saturated carbocycles. The van der Waals surface area contributed by atoms with Gasteiger partial charge in [0.15, 0.2) is 0 Å². The van der Waals surface area contributed by atoms with Gasteiger partial charge in [-0.25, -0.2) is 4.79 Å². The topological polar surface area (TPSA) is 96.3 Å². The third-order valence-corrected chi connectivity index (χ3v) is 5.27. The maximum absolute atomic E-state index is 11.3. The normalized spacial score (nSPS) is 18.3. The van der Waals surface area contributed by atoms with Gasteiger partial charge in [-0.05, 0) is 48.1 Å². The lowest BCUT2D eigenvalue weighted by atomic mass is 9.76. The second-order valence-corrected chi connectivity index (χ2v) is 6.82. The number of carboxylic acid groups (broad SMARTS) is 1. The fraction of sp³-hybridized carbons (Fsp3) is 0.182. The summed E-state index contributed by atoms with van der Waals surface area (Å²) in [4.78, 5) is 11.3. The molecule has 27 heavy (non-hydrogen) atoms. The minimum absolute atomic E-state index is 0.109. The molecule has 0 radical (unpaired) electrons. The zero-order valence-electron chi connectivity index (χ0n) is 14.8. The van der Waals surface area contributed by atoms with Gasteiger partial charge in [-0.15, -0.1) is 0 Å². The Morgan fingerprint density at radius 1 is 1.26 bits per heavy atom. The Bertz CT molecular complexity index is 1070. The van der Waals surface area contributed by atoms with Gasteiger partial charge < -0.3 is 15.6 Å². The number of aryl methyl sites for hydroxylation is 2. The zero-order chi connectivity index (χ0) is 19.1. The molecule has 1 atom stereocenters. The van der Waals surface area contributed by atoms with Gasteiger partial charge in [-0.2, -0.15) is 5.26 Å². The van der Waals surface area contributed by atoms with E-state index in [0.717, 1.165) is 35.3 Å². The maximum atomic E-state index is 11.3. The molecule has 0 spiro atoms. The van der Waals surface area contributed by atoms with Crippen LogP contribution in [0.25, 0.3) is 5.76 Å². The summed E-state index contributed by atoms with van der Waals surface area (Å²) in [5.74, 6) is -0.460. The highest BCUT2D eigenvalue weighted by atomic mass is 16.5. The number of nitriles is 1.